The first-order valence-electron chi connectivity index (χ1n) is 4.47. The maximum atomic E-state index is 10.6. The second-order valence-electron chi connectivity index (χ2n) is 3.02. The first-order valence-corrected chi connectivity index (χ1v) is 6.00. The number of benzene rings is 1. The van der Waals surface area contributed by atoms with Gasteiger partial charge in [-0.1, -0.05) is 18.2 Å². The molecule has 0 unspecified atom stereocenters. The molecule has 0 saturated heterocycles. The predicted octanol–water partition coefficient (Wildman–Crippen LogP) is 1.08. The summed E-state index contributed by atoms with van der Waals surface area (Å²) in [5.74, 6) is 0.166. The topological polar surface area (TPSA) is 87.0 Å². The van der Waals surface area contributed by atoms with Crippen LogP contribution in [0.4, 0.5) is 0 Å². The molecule has 0 saturated carbocycles. The third-order valence-electron chi connectivity index (χ3n) is 1.79. The van der Waals surface area contributed by atoms with Crippen LogP contribution in [0.15, 0.2) is 24.3 Å². The van der Waals surface area contributed by atoms with Gasteiger partial charge in [-0.15, -0.1) is 0 Å². The highest BCUT2D eigenvalue weighted by Gasteiger charge is 2.17. The molecule has 0 radical (unpaired) electrons. The maximum Gasteiger partial charge on any atom is 0.524 e. The number of phosphoric ester groups is 1. The molecule has 0 amide bonds. The number of hydrogen-bond donors (Lipinski definition) is 3. The fourth-order valence-electron chi connectivity index (χ4n) is 1.20. The first kappa shape index (κ1) is 12.2. The van der Waals surface area contributed by atoms with E-state index in [9.17, 15) is 4.57 Å². The van der Waals surface area contributed by atoms with Gasteiger partial charge < -0.3 is 9.63 Å². The minimum Gasteiger partial charge on any atom is -0.404 e. The minimum absolute atomic E-state index is 0.0320. The van der Waals surface area contributed by atoms with Crippen LogP contribution in [-0.4, -0.2) is 21.5 Å². The van der Waals surface area contributed by atoms with Gasteiger partial charge in [-0.25, -0.2) is 4.57 Å². The van der Waals surface area contributed by atoms with Crippen molar-refractivity contribution < 1.29 is 24.0 Å². The highest BCUT2D eigenvalue weighted by atomic mass is 31.2. The van der Waals surface area contributed by atoms with Crippen molar-refractivity contribution in [3.63, 3.8) is 0 Å². The Bertz CT molecular complexity index is 359. The molecular weight excluding hydrogens is 219 g/mol. The van der Waals surface area contributed by atoms with E-state index >= 15 is 0 Å². The van der Waals surface area contributed by atoms with Gasteiger partial charge in [0.05, 0.1) is 0 Å². The number of phosphoric acid groups is 1. The molecule has 0 spiro atoms. The lowest BCUT2D eigenvalue weighted by Crippen LogP contribution is -1.96. The van der Waals surface area contributed by atoms with Crippen LogP contribution in [-0.2, 0) is 11.0 Å². The molecule has 0 aliphatic carbocycles. The molecule has 0 aromatic heterocycles. The summed E-state index contributed by atoms with van der Waals surface area (Å²) in [4.78, 5) is 17.3. The highest BCUT2D eigenvalue weighted by molar-refractivity contribution is 7.46. The molecule has 0 fully saturated rings. The van der Waals surface area contributed by atoms with E-state index in [1.165, 1.54) is 6.07 Å². The van der Waals surface area contributed by atoms with E-state index in [-0.39, 0.29) is 12.4 Å². The van der Waals surface area contributed by atoms with Crippen LogP contribution in [0.5, 0.6) is 5.75 Å². The highest BCUT2D eigenvalue weighted by Crippen LogP contribution is 2.39. The van der Waals surface area contributed by atoms with Crippen molar-refractivity contribution in [3.8, 4) is 5.75 Å². The number of hydrogen-bond acceptors (Lipinski definition) is 3. The number of aryl methyl sites for hydroxylation is 1. The first-order chi connectivity index (χ1) is 7.03. The van der Waals surface area contributed by atoms with Gasteiger partial charge in [-0.3, -0.25) is 9.79 Å². The summed E-state index contributed by atoms with van der Waals surface area (Å²) in [5.41, 5.74) is 0.676. The summed E-state index contributed by atoms with van der Waals surface area (Å²) in [6, 6.07) is 6.58. The second-order valence-corrected chi connectivity index (χ2v) is 4.18. The van der Waals surface area contributed by atoms with Crippen molar-refractivity contribution in [2.75, 3.05) is 6.61 Å². The lowest BCUT2D eigenvalue weighted by Gasteiger charge is -2.10. The fraction of sp³-hybridized carbons (Fsp3) is 0.333. The van der Waals surface area contributed by atoms with Crippen LogP contribution in [0.3, 0.4) is 0 Å². The summed E-state index contributed by atoms with van der Waals surface area (Å²) in [6.45, 7) is 0.0320. The van der Waals surface area contributed by atoms with E-state index in [0.29, 0.717) is 18.4 Å². The Morgan fingerprint density at radius 1 is 1.27 bits per heavy atom. The normalized spacial score (nSPS) is 11.4. The Labute approximate surface area is 87.6 Å². The Kier molecular flexibility index (Phi) is 4.29. The molecule has 15 heavy (non-hydrogen) atoms. The molecule has 1 aromatic rings. The summed E-state index contributed by atoms with van der Waals surface area (Å²) in [5, 5.41) is 8.66. The van der Waals surface area contributed by atoms with Crippen molar-refractivity contribution >= 4 is 7.82 Å². The average Bonchev–Trinajstić information content (AvgIpc) is 2.14. The molecule has 0 bridgehead atoms. The van der Waals surface area contributed by atoms with Gasteiger partial charge >= 0.3 is 7.82 Å². The summed E-state index contributed by atoms with van der Waals surface area (Å²) in [7, 11) is -4.51. The molecule has 0 aliphatic heterocycles. The molecule has 0 atom stereocenters. The van der Waals surface area contributed by atoms with Gasteiger partial charge in [-0.05, 0) is 24.5 Å². The fourth-order valence-corrected chi connectivity index (χ4v) is 1.63. The lowest BCUT2D eigenvalue weighted by molar-refractivity contribution is 0.279. The van der Waals surface area contributed by atoms with Crippen molar-refractivity contribution in [2.24, 2.45) is 0 Å². The summed E-state index contributed by atoms with van der Waals surface area (Å²) in [6.07, 6.45) is 1.05. The van der Waals surface area contributed by atoms with Gasteiger partial charge in [0.1, 0.15) is 5.75 Å². The van der Waals surface area contributed by atoms with E-state index in [1.54, 1.807) is 18.2 Å². The monoisotopic (exact) mass is 232 g/mol. The van der Waals surface area contributed by atoms with Gasteiger partial charge in [0.15, 0.2) is 0 Å². The van der Waals surface area contributed by atoms with Gasteiger partial charge in [0.25, 0.3) is 0 Å². The van der Waals surface area contributed by atoms with E-state index < -0.39 is 7.82 Å². The Hall–Kier alpha value is -0.870. The third kappa shape index (κ3) is 4.44. The lowest BCUT2D eigenvalue weighted by atomic mass is 10.1. The molecular formula is C9H13O5P. The van der Waals surface area contributed by atoms with Crippen LogP contribution < -0.4 is 4.52 Å². The van der Waals surface area contributed by atoms with Crippen LogP contribution in [0, 0.1) is 0 Å². The smallest absolute Gasteiger partial charge is 0.404 e. The SMILES string of the molecule is O=P(O)(O)Oc1ccccc1CCCO. The molecule has 84 valence electrons. The van der Waals surface area contributed by atoms with E-state index in [4.69, 9.17) is 14.9 Å². The quantitative estimate of drug-likeness (QED) is 0.661. The van der Waals surface area contributed by atoms with Crippen molar-refractivity contribution in [3.05, 3.63) is 29.8 Å². The summed E-state index contributed by atoms with van der Waals surface area (Å²) < 4.78 is 15.2. The summed E-state index contributed by atoms with van der Waals surface area (Å²) >= 11 is 0. The number of aliphatic hydroxyl groups excluding tert-OH is 1. The van der Waals surface area contributed by atoms with Crippen molar-refractivity contribution in [2.45, 2.75) is 12.8 Å². The van der Waals surface area contributed by atoms with Crippen LogP contribution in [0.2, 0.25) is 0 Å². The predicted molar refractivity (Wildman–Crippen MR) is 54.5 cm³/mol. The molecule has 0 heterocycles. The zero-order valence-electron chi connectivity index (χ0n) is 8.04. The number of aliphatic hydroxyl groups is 1. The average molecular weight is 232 g/mol. The molecule has 1 rings (SSSR count). The van der Waals surface area contributed by atoms with Gasteiger partial charge in [0, 0.05) is 6.61 Å². The van der Waals surface area contributed by atoms with Crippen molar-refractivity contribution in [1.82, 2.24) is 0 Å². The number of rotatable bonds is 5. The van der Waals surface area contributed by atoms with Crippen LogP contribution in [0.1, 0.15) is 12.0 Å². The minimum atomic E-state index is -4.51. The molecule has 3 N–H and O–H groups in total. The zero-order valence-corrected chi connectivity index (χ0v) is 8.93. The van der Waals surface area contributed by atoms with Crippen molar-refractivity contribution in [1.29, 1.82) is 0 Å². The Morgan fingerprint density at radius 2 is 1.93 bits per heavy atom. The standard InChI is InChI=1S/C9H13O5P/c10-7-3-5-8-4-1-2-6-9(8)14-15(11,12)13/h1-2,4,6,10H,3,5,7H2,(H2,11,12,13). The van der Waals surface area contributed by atoms with Gasteiger partial charge in [-0.2, -0.15) is 0 Å². The second kappa shape index (κ2) is 5.28. The largest absolute Gasteiger partial charge is 0.524 e. The van der Waals surface area contributed by atoms with Crippen LogP contribution >= 0.6 is 7.82 Å². The van der Waals surface area contributed by atoms with E-state index in [2.05, 4.69) is 4.52 Å². The van der Waals surface area contributed by atoms with Crippen LogP contribution in [0.25, 0.3) is 0 Å². The number of para-hydroxylation sites is 1. The Balaban J connectivity index is 2.81. The third-order valence-corrected chi connectivity index (χ3v) is 2.23. The zero-order chi connectivity index (χ0) is 11.3. The molecule has 6 heteroatoms. The molecule has 0 aliphatic rings. The van der Waals surface area contributed by atoms with Gasteiger partial charge in [0.2, 0.25) is 0 Å². The Morgan fingerprint density at radius 3 is 2.53 bits per heavy atom. The van der Waals surface area contributed by atoms with E-state index in [1.807, 2.05) is 0 Å². The van der Waals surface area contributed by atoms with E-state index in [0.717, 1.165) is 0 Å². The molecule has 5 nitrogen and oxygen atoms in total. The maximum absolute atomic E-state index is 10.6. The molecule has 1 aromatic carbocycles.